The molecule has 5 heterocycles. The maximum atomic E-state index is 6.52. The minimum Gasteiger partial charge on any atom is -0.452 e. The average molecular weight is 749 g/mol. The Bertz CT molecular complexity index is 3480. The number of hydrogen-bond acceptors (Lipinski definition) is 7. The van der Waals surface area contributed by atoms with Crippen molar-refractivity contribution in [1.82, 2.24) is 29.5 Å². The van der Waals surface area contributed by atoms with E-state index in [9.17, 15) is 0 Å². The van der Waals surface area contributed by atoms with E-state index >= 15 is 0 Å². The van der Waals surface area contributed by atoms with Crippen LogP contribution >= 0.6 is 11.3 Å². The predicted octanol–water partition coefficient (Wildman–Crippen LogP) is 12.7. The fourth-order valence-electron chi connectivity index (χ4n) is 8.10. The number of benzene rings is 7. The summed E-state index contributed by atoms with van der Waals surface area (Å²) in [6.07, 6.45) is 0. The molecule has 0 N–H and O–H groups in total. The van der Waals surface area contributed by atoms with E-state index in [4.69, 9.17) is 29.3 Å². The normalized spacial score (nSPS) is 11.9. The van der Waals surface area contributed by atoms with Crippen molar-refractivity contribution in [3.8, 4) is 51.4 Å². The Balaban J connectivity index is 1.11. The molecule has 0 bridgehead atoms. The first-order chi connectivity index (χ1) is 28.2. The van der Waals surface area contributed by atoms with Crippen LogP contribution in [0.15, 0.2) is 174 Å². The molecule has 7 nitrogen and oxygen atoms in total. The number of fused-ring (bicyclic) bond motifs is 9. The molecule has 0 aliphatic rings. The molecular formula is C49H28N6OS. The lowest BCUT2D eigenvalue weighted by atomic mass is 10.0. The summed E-state index contributed by atoms with van der Waals surface area (Å²) in [6.45, 7) is 0. The quantitative estimate of drug-likeness (QED) is 0.174. The highest BCUT2D eigenvalue weighted by Crippen LogP contribution is 2.43. The second kappa shape index (κ2) is 12.5. The van der Waals surface area contributed by atoms with Crippen LogP contribution in [0.5, 0.6) is 0 Å². The number of hydrogen-bond donors (Lipinski definition) is 0. The fourth-order valence-corrected chi connectivity index (χ4v) is 9.22. The monoisotopic (exact) mass is 748 g/mol. The molecule has 0 amide bonds. The second-order valence-corrected chi connectivity index (χ2v) is 15.1. The van der Waals surface area contributed by atoms with Gasteiger partial charge in [-0.1, -0.05) is 127 Å². The lowest BCUT2D eigenvalue weighted by Crippen LogP contribution is -2.06. The molecular weight excluding hydrogens is 721 g/mol. The summed E-state index contributed by atoms with van der Waals surface area (Å²) in [7, 11) is 0. The third kappa shape index (κ3) is 5.01. The van der Waals surface area contributed by atoms with Gasteiger partial charge in [0, 0.05) is 58.6 Å². The molecule has 7 aromatic carbocycles. The maximum Gasteiger partial charge on any atom is 0.238 e. The first kappa shape index (κ1) is 31.8. The zero-order valence-corrected chi connectivity index (χ0v) is 31.0. The van der Waals surface area contributed by atoms with E-state index in [1.165, 1.54) is 0 Å². The van der Waals surface area contributed by atoms with Crippen LogP contribution in [0, 0.1) is 0 Å². The standard InChI is InChI=1S/C49H28N6OS/c1-3-14-29(15-4-1)46-50-43(45-44(51-46)34-20-9-12-24-39(34)56-45)31-26-27-40-36(28-31)42-35(21-13-25-41(42)57-40)48-52-47(30-16-5-2-6-17-30)53-49(54-48)55-37-22-10-7-18-32(37)33-19-8-11-23-38(33)55/h1-28H. The van der Waals surface area contributed by atoms with Gasteiger partial charge < -0.3 is 4.42 Å². The number of rotatable bonds is 5. The van der Waals surface area contributed by atoms with Crippen molar-refractivity contribution in [3.63, 3.8) is 0 Å². The van der Waals surface area contributed by atoms with Gasteiger partial charge in [-0.05, 0) is 42.5 Å². The van der Waals surface area contributed by atoms with Crippen LogP contribution in [0.2, 0.25) is 0 Å². The van der Waals surface area contributed by atoms with Gasteiger partial charge >= 0.3 is 0 Å². The number of thiophene rings is 1. The van der Waals surface area contributed by atoms with Crippen molar-refractivity contribution in [2.24, 2.45) is 0 Å². The molecule has 0 radical (unpaired) electrons. The van der Waals surface area contributed by atoms with Gasteiger partial charge in [0.1, 0.15) is 16.8 Å². The second-order valence-electron chi connectivity index (χ2n) is 14.0. The molecule has 0 atom stereocenters. The van der Waals surface area contributed by atoms with Crippen molar-refractivity contribution in [2.45, 2.75) is 0 Å². The Morgan fingerprint density at radius 2 is 1.07 bits per heavy atom. The Morgan fingerprint density at radius 1 is 0.439 bits per heavy atom. The van der Waals surface area contributed by atoms with E-state index in [2.05, 4.69) is 95.6 Å². The van der Waals surface area contributed by atoms with E-state index in [0.717, 1.165) is 86.4 Å². The first-order valence-corrected chi connectivity index (χ1v) is 19.6. The first-order valence-electron chi connectivity index (χ1n) is 18.8. The van der Waals surface area contributed by atoms with E-state index in [-0.39, 0.29) is 0 Å². The molecule has 12 rings (SSSR count). The minimum absolute atomic E-state index is 0.565. The summed E-state index contributed by atoms with van der Waals surface area (Å²) in [4.78, 5) is 25.9. The van der Waals surface area contributed by atoms with Crippen molar-refractivity contribution >= 4 is 75.4 Å². The highest BCUT2D eigenvalue weighted by atomic mass is 32.1. The molecule has 0 fully saturated rings. The molecule has 0 saturated carbocycles. The third-order valence-electron chi connectivity index (χ3n) is 10.7. The van der Waals surface area contributed by atoms with Crippen LogP contribution in [0.1, 0.15) is 0 Å². The number of nitrogens with zero attached hydrogens (tertiary/aromatic N) is 6. The Hall–Kier alpha value is -7.55. The summed E-state index contributed by atoms with van der Waals surface area (Å²) < 4.78 is 11.0. The van der Waals surface area contributed by atoms with E-state index in [0.29, 0.717) is 29.0 Å². The van der Waals surface area contributed by atoms with Crippen LogP contribution in [-0.4, -0.2) is 29.5 Å². The highest BCUT2D eigenvalue weighted by molar-refractivity contribution is 7.26. The van der Waals surface area contributed by atoms with Crippen LogP contribution in [0.4, 0.5) is 0 Å². The average Bonchev–Trinajstić information content (AvgIpc) is 3.96. The van der Waals surface area contributed by atoms with E-state index in [1.54, 1.807) is 11.3 Å². The lowest BCUT2D eigenvalue weighted by molar-refractivity contribution is 0.667. The van der Waals surface area contributed by atoms with Gasteiger partial charge in [-0.15, -0.1) is 11.3 Å². The van der Waals surface area contributed by atoms with Gasteiger partial charge in [0.05, 0.1) is 11.0 Å². The summed E-state index contributed by atoms with van der Waals surface area (Å²) in [5.74, 6) is 2.42. The highest BCUT2D eigenvalue weighted by Gasteiger charge is 2.22. The van der Waals surface area contributed by atoms with Gasteiger partial charge in [0.15, 0.2) is 23.1 Å². The SMILES string of the molecule is c1ccc(-c2nc(-c3cccc4sc5ccc(-c6nc(-c7ccccc7)nc7c6oc6ccccc67)cc5c34)nc(-n3c4ccccc4c4ccccc43)n2)cc1. The summed E-state index contributed by atoms with van der Waals surface area (Å²) in [5, 5.41) is 5.42. The maximum absolute atomic E-state index is 6.52. The Morgan fingerprint density at radius 3 is 1.81 bits per heavy atom. The van der Waals surface area contributed by atoms with E-state index < -0.39 is 0 Å². The van der Waals surface area contributed by atoms with Crippen molar-refractivity contribution < 1.29 is 4.42 Å². The van der Waals surface area contributed by atoms with Gasteiger partial charge in [-0.3, -0.25) is 4.57 Å². The molecule has 5 aromatic heterocycles. The van der Waals surface area contributed by atoms with Crippen LogP contribution in [0.25, 0.3) is 115 Å². The number of aromatic nitrogens is 6. The minimum atomic E-state index is 0.565. The van der Waals surface area contributed by atoms with Crippen LogP contribution in [0.3, 0.4) is 0 Å². The summed E-state index contributed by atoms with van der Waals surface area (Å²) >= 11 is 1.76. The fraction of sp³-hybridized carbons (Fsp3) is 0. The van der Waals surface area contributed by atoms with Crippen molar-refractivity contribution in [2.75, 3.05) is 0 Å². The van der Waals surface area contributed by atoms with Crippen LogP contribution in [-0.2, 0) is 0 Å². The molecule has 0 spiro atoms. The van der Waals surface area contributed by atoms with Crippen molar-refractivity contribution in [1.29, 1.82) is 0 Å². The third-order valence-corrected chi connectivity index (χ3v) is 11.8. The molecule has 0 aliphatic heterocycles. The Kier molecular flexibility index (Phi) is 6.96. The topological polar surface area (TPSA) is 82.5 Å². The van der Waals surface area contributed by atoms with Crippen molar-refractivity contribution in [3.05, 3.63) is 170 Å². The van der Waals surface area contributed by atoms with Crippen LogP contribution < -0.4 is 0 Å². The van der Waals surface area contributed by atoms with Gasteiger partial charge in [0.2, 0.25) is 5.95 Å². The number of para-hydroxylation sites is 3. The molecule has 0 unspecified atom stereocenters. The largest absolute Gasteiger partial charge is 0.452 e. The molecule has 266 valence electrons. The number of furan rings is 1. The summed E-state index contributed by atoms with van der Waals surface area (Å²) in [5.41, 5.74) is 8.78. The summed E-state index contributed by atoms with van der Waals surface area (Å²) in [6, 6.07) is 58.1. The van der Waals surface area contributed by atoms with Gasteiger partial charge in [-0.2, -0.15) is 9.97 Å². The molecule has 0 saturated heterocycles. The Labute approximate surface area is 329 Å². The molecule has 12 aromatic rings. The van der Waals surface area contributed by atoms with Gasteiger partial charge in [-0.25, -0.2) is 15.0 Å². The molecule has 57 heavy (non-hydrogen) atoms. The van der Waals surface area contributed by atoms with E-state index in [1.807, 2.05) is 78.9 Å². The smallest absolute Gasteiger partial charge is 0.238 e. The zero-order chi connectivity index (χ0) is 37.5. The zero-order valence-electron chi connectivity index (χ0n) is 30.2. The predicted molar refractivity (Wildman–Crippen MR) is 232 cm³/mol. The molecule has 8 heteroatoms. The lowest BCUT2D eigenvalue weighted by Gasteiger charge is -2.12. The van der Waals surface area contributed by atoms with Gasteiger partial charge in [0.25, 0.3) is 0 Å². The molecule has 0 aliphatic carbocycles.